The monoisotopic (exact) mass is 209 g/mol. The number of hydrogen-bond acceptors (Lipinski definition) is 3. The van der Waals surface area contributed by atoms with Crippen LogP contribution < -0.4 is 0 Å². The molecule has 1 heterocycles. The number of aliphatic hydroxyl groups is 1. The van der Waals surface area contributed by atoms with Crippen molar-refractivity contribution in [3.63, 3.8) is 0 Å². The van der Waals surface area contributed by atoms with E-state index in [2.05, 4.69) is 11.9 Å². The first kappa shape index (κ1) is 12.1. The molecule has 0 saturated heterocycles. The van der Waals surface area contributed by atoms with E-state index in [0.29, 0.717) is 13.2 Å². The van der Waals surface area contributed by atoms with Gasteiger partial charge in [-0.3, -0.25) is 4.98 Å². The van der Waals surface area contributed by atoms with Crippen LogP contribution in [-0.4, -0.2) is 23.3 Å². The molecule has 0 aromatic carbocycles. The normalized spacial score (nSPS) is 12.7. The number of aryl methyl sites for hydroxylation is 1. The van der Waals surface area contributed by atoms with Gasteiger partial charge in [-0.1, -0.05) is 19.9 Å². The summed E-state index contributed by atoms with van der Waals surface area (Å²) in [6.45, 7) is 5.12. The molecule has 0 aliphatic heterocycles. The number of rotatable bonds is 6. The molecule has 0 bridgehead atoms. The first-order valence-electron chi connectivity index (χ1n) is 5.49. The van der Waals surface area contributed by atoms with Gasteiger partial charge in [0.1, 0.15) is 6.10 Å². The Kier molecular flexibility index (Phi) is 5.29. The molecule has 15 heavy (non-hydrogen) atoms. The fourth-order valence-electron chi connectivity index (χ4n) is 1.47. The van der Waals surface area contributed by atoms with E-state index in [9.17, 15) is 5.11 Å². The summed E-state index contributed by atoms with van der Waals surface area (Å²) < 4.78 is 5.31. The van der Waals surface area contributed by atoms with E-state index < -0.39 is 6.10 Å². The summed E-state index contributed by atoms with van der Waals surface area (Å²) in [5.41, 5.74) is 1.83. The van der Waals surface area contributed by atoms with Crippen molar-refractivity contribution in [1.82, 2.24) is 4.98 Å². The predicted molar refractivity (Wildman–Crippen MR) is 59.7 cm³/mol. The lowest BCUT2D eigenvalue weighted by atomic mass is 10.1. The number of aliphatic hydroxyl groups excluding tert-OH is 1. The molecule has 1 aromatic heterocycles. The zero-order valence-electron chi connectivity index (χ0n) is 9.44. The standard InChI is InChI=1S/C12H19NO2/c1-3-8-15-9-11(14)12-10(4-2)6-5-7-13-12/h5-7,11,14H,3-4,8-9H2,1-2H3. The maximum Gasteiger partial charge on any atom is 0.119 e. The van der Waals surface area contributed by atoms with Gasteiger partial charge in [0.2, 0.25) is 0 Å². The summed E-state index contributed by atoms with van der Waals surface area (Å²) in [6.07, 6.45) is 2.95. The molecule has 1 N–H and O–H groups in total. The molecular formula is C12H19NO2. The summed E-state index contributed by atoms with van der Waals surface area (Å²) >= 11 is 0. The molecule has 1 atom stereocenters. The highest BCUT2D eigenvalue weighted by Gasteiger charge is 2.12. The van der Waals surface area contributed by atoms with Gasteiger partial charge in [-0.05, 0) is 24.5 Å². The summed E-state index contributed by atoms with van der Waals surface area (Å²) in [6, 6.07) is 3.88. The van der Waals surface area contributed by atoms with Crippen LogP contribution >= 0.6 is 0 Å². The molecule has 0 fully saturated rings. The molecule has 1 unspecified atom stereocenters. The number of pyridine rings is 1. The minimum absolute atomic E-state index is 0.331. The molecular weight excluding hydrogens is 190 g/mol. The highest BCUT2D eigenvalue weighted by atomic mass is 16.5. The first-order valence-corrected chi connectivity index (χ1v) is 5.49. The van der Waals surface area contributed by atoms with Crippen molar-refractivity contribution in [2.75, 3.05) is 13.2 Å². The quantitative estimate of drug-likeness (QED) is 0.730. The van der Waals surface area contributed by atoms with Gasteiger partial charge < -0.3 is 9.84 Å². The zero-order chi connectivity index (χ0) is 11.1. The Bertz CT molecular complexity index is 289. The van der Waals surface area contributed by atoms with Crippen LogP contribution in [0.1, 0.15) is 37.6 Å². The van der Waals surface area contributed by atoms with Crippen LogP contribution in [0.2, 0.25) is 0 Å². The van der Waals surface area contributed by atoms with Crippen LogP contribution in [0.3, 0.4) is 0 Å². The molecule has 1 rings (SSSR count). The highest BCUT2D eigenvalue weighted by molar-refractivity contribution is 5.21. The largest absolute Gasteiger partial charge is 0.384 e. The van der Waals surface area contributed by atoms with Gasteiger partial charge in [0.05, 0.1) is 12.3 Å². The molecule has 0 saturated carbocycles. The summed E-state index contributed by atoms with van der Waals surface area (Å²) in [5, 5.41) is 9.87. The van der Waals surface area contributed by atoms with E-state index in [1.54, 1.807) is 6.20 Å². The van der Waals surface area contributed by atoms with Crippen LogP contribution in [0.4, 0.5) is 0 Å². The number of hydrogen-bond donors (Lipinski definition) is 1. The molecule has 0 aliphatic rings. The fraction of sp³-hybridized carbons (Fsp3) is 0.583. The molecule has 3 nitrogen and oxygen atoms in total. The Hall–Kier alpha value is -0.930. The van der Waals surface area contributed by atoms with Gasteiger partial charge in [-0.15, -0.1) is 0 Å². The van der Waals surface area contributed by atoms with Crippen molar-refractivity contribution in [2.24, 2.45) is 0 Å². The summed E-state index contributed by atoms with van der Waals surface area (Å²) in [4.78, 5) is 4.20. The van der Waals surface area contributed by atoms with Crippen molar-refractivity contribution in [3.8, 4) is 0 Å². The summed E-state index contributed by atoms with van der Waals surface area (Å²) in [7, 11) is 0. The Morgan fingerprint density at radius 1 is 1.47 bits per heavy atom. The van der Waals surface area contributed by atoms with Crippen molar-refractivity contribution in [2.45, 2.75) is 32.8 Å². The third-order valence-electron chi connectivity index (χ3n) is 2.25. The van der Waals surface area contributed by atoms with Crippen molar-refractivity contribution in [3.05, 3.63) is 29.6 Å². The summed E-state index contributed by atoms with van der Waals surface area (Å²) in [5.74, 6) is 0. The molecule has 84 valence electrons. The third kappa shape index (κ3) is 3.61. The van der Waals surface area contributed by atoms with Crippen LogP contribution in [0.5, 0.6) is 0 Å². The van der Waals surface area contributed by atoms with Gasteiger partial charge in [-0.25, -0.2) is 0 Å². The second kappa shape index (κ2) is 6.53. The maximum absolute atomic E-state index is 9.87. The smallest absolute Gasteiger partial charge is 0.119 e. The first-order chi connectivity index (χ1) is 7.29. The fourth-order valence-corrected chi connectivity index (χ4v) is 1.47. The number of ether oxygens (including phenoxy) is 1. The highest BCUT2D eigenvalue weighted by Crippen LogP contribution is 2.15. The number of nitrogens with zero attached hydrogens (tertiary/aromatic N) is 1. The lowest BCUT2D eigenvalue weighted by Crippen LogP contribution is -2.11. The minimum atomic E-state index is -0.604. The van der Waals surface area contributed by atoms with Crippen LogP contribution in [0.15, 0.2) is 18.3 Å². The third-order valence-corrected chi connectivity index (χ3v) is 2.25. The SMILES string of the molecule is CCCOCC(O)c1ncccc1CC. The molecule has 0 spiro atoms. The second-order valence-electron chi connectivity index (χ2n) is 3.49. The molecule has 1 aromatic rings. The average molecular weight is 209 g/mol. The van der Waals surface area contributed by atoms with E-state index in [-0.39, 0.29) is 0 Å². The van der Waals surface area contributed by atoms with E-state index in [4.69, 9.17) is 4.74 Å². The van der Waals surface area contributed by atoms with E-state index in [1.807, 2.05) is 19.1 Å². The second-order valence-corrected chi connectivity index (χ2v) is 3.49. The van der Waals surface area contributed by atoms with E-state index in [1.165, 1.54) is 0 Å². The van der Waals surface area contributed by atoms with Crippen molar-refractivity contribution in [1.29, 1.82) is 0 Å². The Labute approximate surface area is 91.1 Å². The van der Waals surface area contributed by atoms with Gasteiger partial charge in [-0.2, -0.15) is 0 Å². The van der Waals surface area contributed by atoms with Gasteiger partial charge >= 0.3 is 0 Å². The van der Waals surface area contributed by atoms with E-state index >= 15 is 0 Å². The predicted octanol–water partition coefficient (Wildman–Crippen LogP) is 2.10. The Morgan fingerprint density at radius 3 is 2.93 bits per heavy atom. The van der Waals surface area contributed by atoms with Crippen LogP contribution in [-0.2, 0) is 11.2 Å². The molecule has 0 radical (unpaired) electrons. The zero-order valence-corrected chi connectivity index (χ0v) is 9.44. The Morgan fingerprint density at radius 2 is 2.27 bits per heavy atom. The van der Waals surface area contributed by atoms with Gasteiger partial charge in [0.15, 0.2) is 0 Å². The molecule has 0 aliphatic carbocycles. The minimum Gasteiger partial charge on any atom is -0.384 e. The maximum atomic E-state index is 9.87. The molecule has 0 amide bonds. The van der Waals surface area contributed by atoms with Crippen LogP contribution in [0.25, 0.3) is 0 Å². The Balaban J connectivity index is 2.59. The van der Waals surface area contributed by atoms with E-state index in [0.717, 1.165) is 24.1 Å². The van der Waals surface area contributed by atoms with Crippen molar-refractivity contribution < 1.29 is 9.84 Å². The van der Waals surface area contributed by atoms with Crippen LogP contribution in [0, 0.1) is 0 Å². The average Bonchev–Trinajstić information content (AvgIpc) is 2.29. The van der Waals surface area contributed by atoms with Gasteiger partial charge in [0.25, 0.3) is 0 Å². The number of aromatic nitrogens is 1. The van der Waals surface area contributed by atoms with Gasteiger partial charge in [0, 0.05) is 12.8 Å². The lowest BCUT2D eigenvalue weighted by Gasteiger charge is -2.13. The lowest BCUT2D eigenvalue weighted by molar-refractivity contribution is 0.0338. The topological polar surface area (TPSA) is 42.4 Å². The molecule has 3 heteroatoms. The van der Waals surface area contributed by atoms with Crippen molar-refractivity contribution >= 4 is 0 Å².